The van der Waals surface area contributed by atoms with Crippen molar-refractivity contribution in [2.75, 3.05) is 0 Å². The summed E-state index contributed by atoms with van der Waals surface area (Å²) in [4.78, 5) is 5.42. The van der Waals surface area contributed by atoms with Crippen LogP contribution >= 0.6 is 11.3 Å². The molecule has 0 amide bonds. The van der Waals surface area contributed by atoms with E-state index in [9.17, 15) is 4.39 Å². The summed E-state index contributed by atoms with van der Waals surface area (Å²) in [5.74, 6) is -0.158. The fourth-order valence-electron chi connectivity index (χ4n) is 1.41. The number of halogens is 1. The molecule has 1 nitrogen and oxygen atoms in total. The number of aryl methyl sites for hydroxylation is 2. The molecule has 3 heteroatoms. The third kappa shape index (κ3) is 1.92. The van der Waals surface area contributed by atoms with Crippen LogP contribution in [0, 0.1) is 12.7 Å². The first-order valence-electron chi connectivity index (χ1n) is 4.92. The Bertz CT molecular complexity index is 476. The minimum absolute atomic E-state index is 0.158. The van der Waals surface area contributed by atoms with E-state index in [-0.39, 0.29) is 5.82 Å². The molecule has 0 saturated heterocycles. The number of aromatic nitrogens is 1. The van der Waals surface area contributed by atoms with Gasteiger partial charge in [-0.3, -0.25) is 0 Å². The van der Waals surface area contributed by atoms with Gasteiger partial charge < -0.3 is 0 Å². The van der Waals surface area contributed by atoms with Crippen LogP contribution in [0.25, 0.3) is 10.6 Å². The van der Waals surface area contributed by atoms with Crippen LogP contribution in [-0.4, -0.2) is 4.98 Å². The molecule has 15 heavy (non-hydrogen) atoms. The second-order valence-corrected chi connectivity index (χ2v) is 4.54. The topological polar surface area (TPSA) is 12.9 Å². The second kappa shape index (κ2) is 4.11. The van der Waals surface area contributed by atoms with E-state index in [2.05, 4.69) is 11.9 Å². The van der Waals surface area contributed by atoms with Gasteiger partial charge in [0.1, 0.15) is 10.8 Å². The van der Waals surface area contributed by atoms with Crippen molar-refractivity contribution in [3.8, 4) is 10.6 Å². The van der Waals surface area contributed by atoms with Crippen LogP contribution in [0.15, 0.2) is 24.4 Å². The zero-order valence-electron chi connectivity index (χ0n) is 8.75. The third-order valence-corrected chi connectivity index (χ3v) is 3.50. The Kier molecular flexibility index (Phi) is 2.82. The van der Waals surface area contributed by atoms with Crippen LogP contribution in [0.3, 0.4) is 0 Å². The summed E-state index contributed by atoms with van der Waals surface area (Å²) in [6, 6.07) is 5.41. The molecule has 0 aliphatic rings. The lowest BCUT2D eigenvalue weighted by Gasteiger charge is -2.01. The SMILES string of the molecule is CCc1cnc(-c2cccc(C)c2F)s1. The smallest absolute Gasteiger partial charge is 0.136 e. The zero-order chi connectivity index (χ0) is 10.8. The minimum Gasteiger partial charge on any atom is -0.244 e. The van der Waals surface area contributed by atoms with E-state index in [1.807, 2.05) is 12.3 Å². The highest BCUT2D eigenvalue weighted by Crippen LogP contribution is 2.28. The first-order valence-corrected chi connectivity index (χ1v) is 5.74. The first-order chi connectivity index (χ1) is 7.22. The van der Waals surface area contributed by atoms with Gasteiger partial charge in [-0.2, -0.15) is 0 Å². The summed E-state index contributed by atoms with van der Waals surface area (Å²) in [5.41, 5.74) is 1.28. The molecule has 0 aliphatic carbocycles. The lowest BCUT2D eigenvalue weighted by atomic mass is 10.1. The predicted molar refractivity (Wildman–Crippen MR) is 61.6 cm³/mol. The lowest BCUT2D eigenvalue weighted by Crippen LogP contribution is -1.86. The van der Waals surface area contributed by atoms with Gasteiger partial charge in [0, 0.05) is 16.6 Å². The molecule has 1 aromatic carbocycles. The quantitative estimate of drug-likeness (QED) is 0.751. The van der Waals surface area contributed by atoms with Crippen LogP contribution in [0.1, 0.15) is 17.4 Å². The van der Waals surface area contributed by atoms with Crippen LogP contribution in [0.5, 0.6) is 0 Å². The number of benzene rings is 1. The third-order valence-electron chi connectivity index (χ3n) is 2.32. The Labute approximate surface area is 92.6 Å². The monoisotopic (exact) mass is 221 g/mol. The number of rotatable bonds is 2. The summed E-state index contributed by atoms with van der Waals surface area (Å²) in [5, 5.41) is 0.771. The summed E-state index contributed by atoms with van der Waals surface area (Å²) in [7, 11) is 0. The molecule has 0 spiro atoms. The van der Waals surface area contributed by atoms with Crippen molar-refractivity contribution in [2.24, 2.45) is 0 Å². The highest BCUT2D eigenvalue weighted by Gasteiger charge is 2.10. The summed E-state index contributed by atoms with van der Waals surface area (Å²) < 4.78 is 13.8. The van der Waals surface area contributed by atoms with Crippen molar-refractivity contribution >= 4 is 11.3 Å². The molecule has 0 atom stereocenters. The summed E-state index contributed by atoms with van der Waals surface area (Å²) in [6.45, 7) is 3.84. The van der Waals surface area contributed by atoms with Crippen LogP contribution < -0.4 is 0 Å². The van der Waals surface area contributed by atoms with Crippen LogP contribution in [0.4, 0.5) is 4.39 Å². The van der Waals surface area contributed by atoms with Gasteiger partial charge in [0.15, 0.2) is 0 Å². The number of nitrogens with zero attached hydrogens (tertiary/aromatic N) is 1. The van der Waals surface area contributed by atoms with Gasteiger partial charge in [-0.25, -0.2) is 9.37 Å². The van der Waals surface area contributed by atoms with E-state index in [0.29, 0.717) is 11.1 Å². The van der Waals surface area contributed by atoms with Gasteiger partial charge in [-0.05, 0) is 25.0 Å². The van der Waals surface area contributed by atoms with Crippen molar-refractivity contribution in [3.63, 3.8) is 0 Å². The molecule has 0 N–H and O–H groups in total. The predicted octanol–water partition coefficient (Wildman–Crippen LogP) is 3.82. The van der Waals surface area contributed by atoms with Gasteiger partial charge in [-0.1, -0.05) is 19.1 Å². The van der Waals surface area contributed by atoms with E-state index in [4.69, 9.17) is 0 Å². The molecular formula is C12H12FNS. The van der Waals surface area contributed by atoms with E-state index in [1.165, 1.54) is 4.88 Å². The molecule has 0 unspecified atom stereocenters. The fraction of sp³-hybridized carbons (Fsp3) is 0.250. The van der Waals surface area contributed by atoms with Gasteiger partial charge in [0.2, 0.25) is 0 Å². The fourth-order valence-corrected chi connectivity index (χ4v) is 2.28. The molecular weight excluding hydrogens is 209 g/mol. The molecule has 1 heterocycles. The normalized spacial score (nSPS) is 10.6. The number of thiazole rings is 1. The first kappa shape index (κ1) is 10.3. The molecule has 0 aliphatic heterocycles. The molecule has 0 saturated carbocycles. The lowest BCUT2D eigenvalue weighted by molar-refractivity contribution is 0.622. The Balaban J connectivity index is 2.49. The maximum Gasteiger partial charge on any atom is 0.136 e. The Hall–Kier alpha value is -1.22. The van der Waals surface area contributed by atoms with Gasteiger partial charge in [-0.15, -0.1) is 11.3 Å². The number of hydrogen-bond acceptors (Lipinski definition) is 2. The minimum atomic E-state index is -0.158. The highest BCUT2D eigenvalue weighted by molar-refractivity contribution is 7.15. The van der Waals surface area contributed by atoms with E-state index in [1.54, 1.807) is 30.4 Å². The van der Waals surface area contributed by atoms with Crippen molar-refractivity contribution in [2.45, 2.75) is 20.3 Å². The second-order valence-electron chi connectivity index (χ2n) is 3.42. The number of hydrogen-bond donors (Lipinski definition) is 0. The largest absolute Gasteiger partial charge is 0.244 e. The standard InChI is InChI=1S/C12H12FNS/c1-3-9-7-14-12(15-9)10-6-4-5-8(2)11(10)13/h4-7H,3H2,1-2H3. The maximum absolute atomic E-state index is 13.8. The average Bonchev–Trinajstić information content (AvgIpc) is 2.70. The maximum atomic E-state index is 13.8. The van der Waals surface area contributed by atoms with Gasteiger partial charge in [0.25, 0.3) is 0 Å². The van der Waals surface area contributed by atoms with Crippen LogP contribution in [-0.2, 0) is 6.42 Å². The summed E-state index contributed by atoms with van der Waals surface area (Å²) in [6.07, 6.45) is 2.77. The molecule has 78 valence electrons. The van der Waals surface area contributed by atoms with Crippen molar-refractivity contribution in [1.29, 1.82) is 0 Å². The Morgan fingerprint density at radius 3 is 2.87 bits per heavy atom. The molecule has 0 bridgehead atoms. The van der Waals surface area contributed by atoms with Crippen molar-refractivity contribution < 1.29 is 4.39 Å². The highest BCUT2D eigenvalue weighted by atomic mass is 32.1. The molecule has 2 rings (SSSR count). The van der Waals surface area contributed by atoms with E-state index < -0.39 is 0 Å². The molecule has 2 aromatic rings. The zero-order valence-corrected chi connectivity index (χ0v) is 9.57. The van der Waals surface area contributed by atoms with Crippen LogP contribution in [0.2, 0.25) is 0 Å². The van der Waals surface area contributed by atoms with E-state index >= 15 is 0 Å². The summed E-state index contributed by atoms with van der Waals surface area (Å²) >= 11 is 1.56. The van der Waals surface area contributed by atoms with Gasteiger partial charge >= 0.3 is 0 Å². The van der Waals surface area contributed by atoms with E-state index in [0.717, 1.165) is 11.4 Å². The average molecular weight is 221 g/mol. The molecule has 0 fully saturated rings. The Morgan fingerprint density at radius 1 is 1.40 bits per heavy atom. The molecule has 1 aromatic heterocycles. The molecule has 0 radical (unpaired) electrons. The van der Waals surface area contributed by atoms with Crippen molar-refractivity contribution in [1.82, 2.24) is 4.98 Å². The van der Waals surface area contributed by atoms with Gasteiger partial charge in [0.05, 0.1) is 0 Å². The van der Waals surface area contributed by atoms with Crippen molar-refractivity contribution in [3.05, 3.63) is 40.7 Å². The Morgan fingerprint density at radius 2 is 2.20 bits per heavy atom.